The minimum Gasteiger partial charge on any atom is -0.385 e. The molecule has 0 saturated carbocycles. The number of hydrogen-bond donors (Lipinski definition) is 6. The van der Waals surface area contributed by atoms with Crippen molar-refractivity contribution in [1.82, 2.24) is 25.6 Å². The van der Waals surface area contributed by atoms with Crippen LogP contribution in [-0.4, -0.2) is 45.8 Å². The number of primary amides is 1. The number of aromatic nitrogens is 3. The predicted molar refractivity (Wildman–Crippen MR) is 197 cm³/mol. The van der Waals surface area contributed by atoms with E-state index in [1.807, 2.05) is 76.2 Å². The number of imidazole rings is 1. The summed E-state index contributed by atoms with van der Waals surface area (Å²) in [5, 5.41) is 9.30. The Labute approximate surface area is 291 Å². The first-order valence-corrected chi connectivity index (χ1v) is 17.0. The van der Waals surface area contributed by atoms with Gasteiger partial charge < -0.3 is 31.7 Å². The first-order valence-electron chi connectivity index (χ1n) is 17.0. The molecular formula is C39H45N7O4. The van der Waals surface area contributed by atoms with E-state index >= 15 is 0 Å². The van der Waals surface area contributed by atoms with E-state index in [2.05, 4.69) is 30.9 Å². The Balaban J connectivity index is 1.13. The molecule has 11 heteroatoms. The van der Waals surface area contributed by atoms with Crippen LogP contribution in [0.2, 0.25) is 0 Å². The smallest absolute Gasteiger partial charge is 0.253 e. The topological polar surface area (TPSA) is 175 Å². The summed E-state index contributed by atoms with van der Waals surface area (Å²) in [5.41, 5.74) is 14.1. The second-order valence-electron chi connectivity index (χ2n) is 12.6. The van der Waals surface area contributed by atoms with Crippen LogP contribution in [0, 0.1) is 20.8 Å². The van der Waals surface area contributed by atoms with E-state index in [4.69, 9.17) is 5.73 Å². The van der Waals surface area contributed by atoms with Crippen molar-refractivity contribution in [2.45, 2.75) is 66.3 Å². The number of nitrogens with zero attached hydrogens (tertiary/aromatic N) is 1. The molecule has 5 rings (SSSR count). The van der Waals surface area contributed by atoms with Gasteiger partial charge in [0.2, 0.25) is 5.91 Å². The number of aromatic amines is 2. The number of aryl methyl sites for hydroxylation is 3. The molecule has 0 bridgehead atoms. The third-order valence-corrected chi connectivity index (χ3v) is 8.83. The predicted octanol–water partition coefficient (Wildman–Crippen LogP) is 5.38. The number of para-hydroxylation sites is 1. The Morgan fingerprint density at radius 2 is 1.64 bits per heavy atom. The van der Waals surface area contributed by atoms with Crippen molar-refractivity contribution in [3.05, 3.63) is 116 Å². The SMILES string of the molecule is CCNc1cc(-c2ccc(CC(=O)NCCCCCc3nc4c(C(N)=O)cccc4[nH]3)cc2)cc(C(=O)NCc2c(C)cc(C)[nH]c2=O)c1C. The monoisotopic (exact) mass is 675 g/mol. The van der Waals surface area contributed by atoms with Gasteiger partial charge in [0, 0.05) is 48.6 Å². The fraction of sp³-hybridized carbons (Fsp3) is 0.308. The number of carbonyl (C=O) groups excluding carboxylic acids is 3. The van der Waals surface area contributed by atoms with Crippen LogP contribution in [0.4, 0.5) is 5.69 Å². The molecule has 0 radical (unpaired) electrons. The van der Waals surface area contributed by atoms with Gasteiger partial charge in [-0.15, -0.1) is 0 Å². The van der Waals surface area contributed by atoms with Crippen molar-refractivity contribution in [3.8, 4) is 11.1 Å². The lowest BCUT2D eigenvalue weighted by atomic mass is 9.96. The number of anilines is 1. The Morgan fingerprint density at radius 1 is 0.860 bits per heavy atom. The summed E-state index contributed by atoms with van der Waals surface area (Å²) in [7, 11) is 0. The van der Waals surface area contributed by atoms with Gasteiger partial charge in [0.1, 0.15) is 11.3 Å². The molecule has 0 aliphatic carbocycles. The van der Waals surface area contributed by atoms with Gasteiger partial charge in [0.25, 0.3) is 17.4 Å². The molecule has 2 heterocycles. The number of pyridine rings is 1. The van der Waals surface area contributed by atoms with Crippen LogP contribution >= 0.6 is 0 Å². The van der Waals surface area contributed by atoms with E-state index in [9.17, 15) is 19.2 Å². The van der Waals surface area contributed by atoms with E-state index in [1.165, 1.54) is 0 Å². The Bertz CT molecular complexity index is 2080. The highest BCUT2D eigenvalue weighted by Gasteiger charge is 2.17. The summed E-state index contributed by atoms with van der Waals surface area (Å²) < 4.78 is 0. The van der Waals surface area contributed by atoms with E-state index in [0.717, 1.165) is 76.2 Å². The first kappa shape index (κ1) is 35.6. The van der Waals surface area contributed by atoms with Gasteiger partial charge in [0.15, 0.2) is 0 Å². The lowest BCUT2D eigenvalue weighted by Crippen LogP contribution is -2.28. The highest BCUT2D eigenvalue weighted by atomic mass is 16.2. The van der Waals surface area contributed by atoms with Gasteiger partial charge in [-0.2, -0.15) is 0 Å². The molecule has 2 aromatic heterocycles. The zero-order chi connectivity index (χ0) is 35.8. The molecule has 11 nitrogen and oxygen atoms in total. The average molecular weight is 676 g/mol. The molecule has 3 aromatic carbocycles. The molecule has 0 aliphatic rings. The van der Waals surface area contributed by atoms with Crippen molar-refractivity contribution in [2.24, 2.45) is 5.73 Å². The zero-order valence-corrected chi connectivity index (χ0v) is 29.1. The maximum Gasteiger partial charge on any atom is 0.253 e. The van der Waals surface area contributed by atoms with Crippen molar-refractivity contribution < 1.29 is 14.4 Å². The minimum absolute atomic E-state index is 0.0413. The Morgan fingerprint density at radius 3 is 2.36 bits per heavy atom. The summed E-state index contributed by atoms with van der Waals surface area (Å²) in [5.74, 6) is 0.0197. The summed E-state index contributed by atoms with van der Waals surface area (Å²) in [6.07, 6.45) is 3.67. The van der Waals surface area contributed by atoms with Crippen molar-refractivity contribution >= 4 is 34.4 Å². The molecule has 0 unspecified atom stereocenters. The number of nitrogens with one attached hydrogen (secondary N) is 5. The molecule has 7 N–H and O–H groups in total. The summed E-state index contributed by atoms with van der Waals surface area (Å²) in [4.78, 5) is 60.8. The van der Waals surface area contributed by atoms with Crippen LogP contribution in [0.3, 0.4) is 0 Å². The molecular weight excluding hydrogens is 630 g/mol. The van der Waals surface area contributed by atoms with Crippen LogP contribution in [-0.2, 0) is 24.2 Å². The number of hydrogen-bond acceptors (Lipinski definition) is 6. The Hall–Kier alpha value is -5.71. The maximum atomic E-state index is 13.4. The number of carbonyl (C=O) groups is 3. The van der Waals surface area contributed by atoms with E-state index in [0.29, 0.717) is 35.3 Å². The lowest BCUT2D eigenvalue weighted by molar-refractivity contribution is -0.120. The summed E-state index contributed by atoms with van der Waals surface area (Å²) >= 11 is 0. The molecule has 260 valence electrons. The van der Waals surface area contributed by atoms with Gasteiger partial charge in [-0.3, -0.25) is 19.2 Å². The molecule has 0 spiro atoms. The molecule has 5 aromatic rings. The zero-order valence-electron chi connectivity index (χ0n) is 29.1. The quantitative estimate of drug-likeness (QED) is 0.0813. The number of amides is 3. The van der Waals surface area contributed by atoms with E-state index in [1.54, 1.807) is 12.1 Å². The number of unbranched alkanes of at least 4 members (excludes halogenated alkanes) is 2. The summed E-state index contributed by atoms with van der Waals surface area (Å²) in [6.45, 7) is 9.01. The molecule has 0 fully saturated rings. The molecule has 0 saturated heterocycles. The second-order valence-corrected chi connectivity index (χ2v) is 12.6. The lowest BCUT2D eigenvalue weighted by Gasteiger charge is -2.16. The fourth-order valence-corrected chi connectivity index (χ4v) is 6.14. The number of rotatable bonds is 15. The van der Waals surface area contributed by atoms with E-state index < -0.39 is 5.91 Å². The van der Waals surface area contributed by atoms with Crippen LogP contribution in [0.1, 0.15) is 80.7 Å². The van der Waals surface area contributed by atoms with Crippen LogP contribution in [0.25, 0.3) is 22.2 Å². The molecule has 50 heavy (non-hydrogen) atoms. The van der Waals surface area contributed by atoms with Gasteiger partial charge >= 0.3 is 0 Å². The molecule has 3 amide bonds. The normalized spacial score (nSPS) is 11.0. The van der Waals surface area contributed by atoms with Crippen LogP contribution in [0.5, 0.6) is 0 Å². The van der Waals surface area contributed by atoms with Crippen LogP contribution < -0.4 is 27.2 Å². The van der Waals surface area contributed by atoms with Crippen molar-refractivity contribution in [2.75, 3.05) is 18.4 Å². The number of benzene rings is 3. The highest BCUT2D eigenvalue weighted by Crippen LogP contribution is 2.29. The van der Waals surface area contributed by atoms with Gasteiger partial charge in [-0.1, -0.05) is 36.8 Å². The minimum atomic E-state index is -0.494. The third-order valence-electron chi connectivity index (χ3n) is 8.83. The maximum absolute atomic E-state index is 13.4. The largest absolute Gasteiger partial charge is 0.385 e. The first-order chi connectivity index (χ1) is 24.0. The van der Waals surface area contributed by atoms with Crippen molar-refractivity contribution in [1.29, 1.82) is 0 Å². The van der Waals surface area contributed by atoms with Gasteiger partial charge in [-0.05, 0) is 98.7 Å². The number of nitrogens with two attached hydrogens (primary N) is 1. The summed E-state index contributed by atoms with van der Waals surface area (Å²) in [6, 6.07) is 18.9. The number of fused-ring (bicyclic) bond motifs is 1. The Kier molecular flexibility index (Phi) is 11.5. The van der Waals surface area contributed by atoms with Crippen molar-refractivity contribution in [3.63, 3.8) is 0 Å². The average Bonchev–Trinajstić information content (AvgIpc) is 3.50. The number of H-pyrrole nitrogens is 2. The molecule has 0 atom stereocenters. The third kappa shape index (κ3) is 8.65. The van der Waals surface area contributed by atoms with Crippen LogP contribution in [0.15, 0.2) is 65.5 Å². The standard InChI is InChI=1S/C39H45N7O4/c1-5-41-33-21-28(20-30(25(33)4)38(49)43-22-31-23(2)18-24(3)44-39(31)50)27-15-13-26(14-16-27)19-35(47)42-17-8-6-7-12-34-45-32-11-9-10-29(37(40)48)36(32)46-34/h9-11,13-16,18,20-21,41H,5-8,12,17,19,22H2,1-4H3,(H2,40,48)(H,42,47)(H,43,49)(H,44,50)(H,45,46). The van der Waals surface area contributed by atoms with Gasteiger partial charge in [0.05, 0.1) is 17.5 Å². The molecule has 0 aliphatic heterocycles. The van der Waals surface area contributed by atoms with Gasteiger partial charge in [-0.25, -0.2) is 4.98 Å². The van der Waals surface area contributed by atoms with E-state index in [-0.39, 0.29) is 30.3 Å². The fourth-order valence-electron chi connectivity index (χ4n) is 6.14. The second kappa shape index (κ2) is 16.1. The highest BCUT2D eigenvalue weighted by molar-refractivity contribution is 6.04.